The molecule has 0 aliphatic carbocycles. The molecule has 0 fully saturated rings. The molecular weight excluding hydrogens is 1120 g/mol. The van der Waals surface area contributed by atoms with Gasteiger partial charge in [-0.05, 0) is 64.7 Å². The van der Waals surface area contributed by atoms with Crippen LogP contribution in [0, 0.1) is 0 Å². The molecule has 0 aliphatic rings. The van der Waals surface area contributed by atoms with Crippen molar-refractivity contribution in [3.05, 3.63) is 0 Å². The molecular formula is C72H147N8O9+. The number of unbranched alkanes of at least 4 members (excludes halogenated alkanes) is 36. The maximum absolute atomic E-state index is 13.3. The molecule has 0 aromatic heterocycles. The van der Waals surface area contributed by atoms with Gasteiger partial charge in [-0.25, -0.2) is 0 Å². The Balaban J connectivity index is 6.03. The summed E-state index contributed by atoms with van der Waals surface area (Å²) in [5.74, 6) is -1.91. The van der Waals surface area contributed by atoms with Crippen LogP contribution in [0.3, 0.4) is 0 Å². The first-order valence-electron chi connectivity index (χ1n) is 37.5. The SMILES string of the molecule is CCCCCCCCCCCCNC(=O)C(O)CN(CCCN(CCCN(CC(O)C(=O)NCCCCCCCCCCCC)CC(O)C(=O)NCCCCCCCCCCCC)CC(O)C[N+](C)(C)C)CC(O)C(=O)NCCCCCCCCCCCC. The van der Waals surface area contributed by atoms with Crippen LogP contribution in [0.25, 0.3) is 0 Å². The largest absolute Gasteiger partial charge is 0.386 e. The van der Waals surface area contributed by atoms with E-state index in [0.717, 1.165) is 77.0 Å². The van der Waals surface area contributed by atoms with Crippen molar-refractivity contribution in [3.8, 4) is 0 Å². The molecule has 0 aromatic rings. The molecule has 5 unspecified atom stereocenters. The lowest BCUT2D eigenvalue weighted by Gasteiger charge is -2.32. The fraction of sp³-hybridized carbons (Fsp3) is 0.944. The number of hydrogen-bond acceptors (Lipinski definition) is 12. The van der Waals surface area contributed by atoms with Gasteiger partial charge in [-0.2, -0.15) is 0 Å². The second-order valence-electron chi connectivity index (χ2n) is 27.6. The van der Waals surface area contributed by atoms with Gasteiger partial charge in [0.1, 0.15) is 37.1 Å². The number of aliphatic hydroxyl groups is 5. The van der Waals surface area contributed by atoms with E-state index in [-0.39, 0.29) is 26.2 Å². The monoisotopic (exact) mass is 1270 g/mol. The third kappa shape index (κ3) is 56.8. The molecule has 9 N–H and O–H groups in total. The van der Waals surface area contributed by atoms with Crippen molar-refractivity contribution in [2.24, 2.45) is 0 Å². The first kappa shape index (κ1) is 86.5. The summed E-state index contributed by atoms with van der Waals surface area (Å²) in [5.41, 5.74) is 0. The zero-order chi connectivity index (χ0) is 65.9. The predicted octanol–water partition coefficient (Wildman–Crippen LogP) is 11.3. The number of nitrogens with one attached hydrogen (secondary N) is 4. The van der Waals surface area contributed by atoms with E-state index in [1.54, 1.807) is 9.80 Å². The molecule has 17 nitrogen and oxygen atoms in total. The summed E-state index contributed by atoms with van der Waals surface area (Å²) in [4.78, 5) is 58.9. The number of rotatable bonds is 68. The van der Waals surface area contributed by atoms with E-state index >= 15 is 0 Å². The molecule has 0 heterocycles. The van der Waals surface area contributed by atoms with Gasteiger partial charge in [-0.1, -0.05) is 259 Å². The summed E-state index contributed by atoms with van der Waals surface area (Å²) < 4.78 is 0.549. The summed E-state index contributed by atoms with van der Waals surface area (Å²) in [5, 5.41) is 68.2. The standard InChI is InChI=1S/C72H146N8O9/c1-8-12-16-20-24-28-32-36-40-44-50-73-69(86)65(82)59-78(60-66(83)70(87)74-51-45-41-37-33-29-25-21-17-13-9-2)56-48-54-77(58-64(81)63-80(5,6)7)55-49-57-79(61-67(84)71(88)75-52-46-42-38-34-30-26-22-18-14-10-3)62-68(85)72(89)76-53-47-43-39-35-31-27-23-19-15-11-4/h64-68,81-85H,8-63H2,1-7H3,(H3-,73,74,75,76,86,87,88,89)/p+1. The van der Waals surface area contributed by atoms with Crippen LogP contribution in [0.5, 0.6) is 0 Å². The minimum absolute atomic E-state index is 0.0734. The van der Waals surface area contributed by atoms with E-state index in [1.807, 2.05) is 21.1 Å². The average Bonchev–Trinajstić information content (AvgIpc) is 3.71. The Labute approximate surface area is 547 Å². The number of amides is 4. The predicted molar refractivity (Wildman–Crippen MR) is 371 cm³/mol. The molecule has 5 atom stereocenters. The number of quaternary nitrogens is 1. The van der Waals surface area contributed by atoms with Gasteiger partial charge in [0.15, 0.2) is 0 Å². The van der Waals surface area contributed by atoms with Gasteiger partial charge in [0.2, 0.25) is 23.6 Å². The van der Waals surface area contributed by atoms with Crippen LogP contribution < -0.4 is 21.3 Å². The molecule has 89 heavy (non-hydrogen) atoms. The van der Waals surface area contributed by atoms with Crippen molar-refractivity contribution in [2.45, 2.75) is 328 Å². The van der Waals surface area contributed by atoms with Gasteiger partial charge in [-0.3, -0.25) is 29.0 Å². The minimum atomic E-state index is -1.37. The number of likely N-dealkylation sites (N-methyl/N-ethyl adjacent to an activating group) is 1. The third-order valence-electron chi connectivity index (χ3n) is 17.4. The molecule has 17 heteroatoms. The highest BCUT2D eigenvalue weighted by molar-refractivity contribution is 5.82. The third-order valence-corrected chi connectivity index (χ3v) is 17.4. The van der Waals surface area contributed by atoms with E-state index in [2.05, 4.69) is 53.9 Å². The fourth-order valence-corrected chi connectivity index (χ4v) is 11.9. The highest BCUT2D eigenvalue weighted by atomic mass is 16.3. The van der Waals surface area contributed by atoms with E-state index in [0.29, 0.717) is 82.8 Å². The maximum atomic E-state index is 13.3. The Morgan fingerprint density at radius 1 is 0.281 bits per heavy atom. The molecule has 0 aromatic carbocycles. The first-order chi connectivity index (χ1) is 43.0. The molecule has 0 rings (SSSR count). The summed E-state index contributed by atoms with van der Waals surface area (Å²) in [6.45, 7) is 13.0. The van der Waals surface area contributed by atoms with Crippen molar-refractivity contribution >= 4 is 23.6 Å². The number of aliphatic hydroxyl groups excluding tert-OH is 5. The molecule has 0 bridgehead atoms. The van der Waals surface area contributed by atoms with E-state index in [4.69, 9.17) is 0 Å². The molecule has 0 spiro atoms. The van der Waals surface area contributed by atoms with E-state index < -0.39 is 54.1 Å². The molecule has 528 valence electrons. The quantitative estimate of drug-likeness (QED) is 0.0205. The molecule has 4 amide bonds. The van der Waals surface area contributed by atoms with Crippen molar-refractivity contribution in [1.29, 1.82) is 0 Å². The lowest BCUT2D eigenvalue weighted by molar-refractivity contribution is -0.873. The number of nitrogens with zero attached hydrogens (tertiary/aromatic N) is 4. The second kappa shape index (κ2) is 61.7. The van der Waals surface area contributed by atoms with Gasteiger partial charge < -0.3 is 56.2 Å². The van der Waals surface area contributed by atoms with Gasteiger partial charge in [0, 0.05) is 58.9 Å². The van der Waals surface area contributed by atoms with Gasteiger partial charge >= 0.3 is 0 Å². The Hall–Kier alpha value is -2.48. The normalized spacial score (nSPS) is 13.7. The van der Waals surface area contributed by atoms with Crippen molar-refractivity contribution in [3.63, 3.8) is 0 Å². The summed E-state index contributed by atoms with van der Waals surface area (Å²) in [7, 11) is 6.08. The van der Waals surface area contributed by atoms with Crippen LogP contribution >= 0.6 is 0 Å². The Morgan fingerprint density at radius 2 is 0.472 bits per heavy atom. The Kier molecular flexibility index (Phi) is 60.0. The second-order valence-corrected chi connectivity index (χ2v) is 27.6. The zero-order valence-electron chi connectivity index (χ0n) is 59.1. The fourth-order valence-electron chi connectivity index (χ4n) is 11.9. The number of carbonyl (C=O) groups excluding carboxylic acids is 4. The van der Waals surface area contributed by atoms with Gasteiger partial charge in [0.25, 0.3) is 0 Å². The summed E-state index contributed by atoms with van der Waals surface area (Å²) in [6, 6.07) is 0. The van der Waals surface area contributed by atoms with Crippen molar-refractivity contribution in [2.75, 3.05) is 113 Å². The lowest BCUT2D eigenvalue weighted by atomic mass is 10.1. The topological polar surface area (TPSA) is 227 Å². The van der Waals surface area contributed by atoms with Gasteiger partial charge in [0.05, 0.1) is 21.1 Å². The average molecular weight is 1270 g/mol. The van der Waals surface area contributed by atoms with Crippen LogP contribution in [0.4, 0.5) is 0 Å². The van der Waals surface area contributed by atoms with Crippen LogP contribution in [-0.4, -0.2) is 212 Å². The zero-order valence-corrected chi connectivity index (χ0v) is 59.1. The van der Waals surface area contributed by atoms with Crippen molar-refractivity contribution in [1.82, 2.24) is 36.0 Å². The molecule has 0 saturated heterocycles. The molecule has 0 saturated carbocycles. The smallest absolute Gasteiger partial charge is 0.250 e. The number of carbonyl (C=O) groups is 4. The van der Waals surface area contributed by atoms with Crippen LogP contribution in [-0.2, 0) is 19.2 Å². The van der Waals surface area contributed by atoms with Crippen LogP contribution in [0.1, 0.15) is 297 Å². The van der Waals surface area contributed by atoms with Gasteiger partial charge in [-0.15, -0.1) is 0 Å². The van der Waals surface area contributed by atoms with E-state index in [1.165, 1.54) is 180 Å². The Bertz CT molecular complexity index is 1420. The Morgan fingerprint density at radius 3 is 0.674 bits per heavy atom. The maximum Gasteiger partial charge on any atom is 0.250 e. The minimum Gasteiger partial charge on any atom is -0.386 e. The molecule has 0 aliphatic heterocycles. The highest BCUT2D eigenvalue weighted by Gasteiger charge is 2.27. The van der Waals surface area contributed by atoms with Crippen LogP contribution in [0.15, 0.2) is 0 Å². The van der Waals surface area contributed by atoms with E-state index in [9.17, 15) is 44.7 Å². The first-order valence-corrected chi connectivity index (χ1v) is 37.5. The van der Waals surface area contributed by atoms with Crippen LogP contribution in [0.2, 0.25) is 0 Å². The highest BCUT2D eigenvalue weighted by Crippen LogP contribution is 2.15. The molecule has 0 radical (unpaired) electrons. The summed E-state index contributed by atoms with van der Waals surface area (Å²) in [6.07, 6.45) is 42.0. The van der Waals surface area contributed by atoms with Crippen molar-refractivity contribution < 1.29 is 49.2 Å². The summed E-state index contributed by atoms with van der Waals surface area (Å²) >= 11 is 0. The lowest BCUT2D eigenvalue weighted by Crippen LogP contribution is -2.49. The number of hydrogen-bond donors (Lipinski definition) is 9.